The standard InChI is InChI=1S/C12H11ClN2O3/c13-7-1-2-9-8(3-7)12(17)15(6-14-9)10-4-18-5-11(10)16/h1-3,6,10-11,16H,4-5H2/t10-,11-/m0/s1. The third-order valence-corrected chi connectivity index (χ3v) is 3.36. The van der Waals surface area contributed by atoms with E-state index >= 15 is 0 Å². The SMILES string of the molecule is O=c1c2cc(Cl)ccc2ncn1[C@H]1COC[C@@H]1O. The van der Waals surface area contributed by atoms with Crippen LogP contribution in [0, 0.1) is 0 Å². The number of halogens is 1. The lowest BCUT2D eigenvalue weighted by molar-refractivity contribution is 0.119. The molecule has 6 heteroatoms. The molecule has 5 nitrogen and oxygen atoms in total. The lowest BCUT2D eigenvalue weighted by Crippen LogP contribution is -2.31. The second kappa shape index (κ2) is 4.35. The Morgan fingerprint density at radius 1 is 1.44 bits per heavy atom. The second-order valence-electron chi connectivity index (χ2n) is 4.29. The van der Waals surface area contributed by atoms with Gasteiger partial charge in [0, 0.05) is 5.02 Å². The van der Waals surface area contributed by atoms with Gasteiger partial charge in [0.1, 0.15) is 6.10 Å². The first-order valence-electron chi connectivity index (χ1n) is 5.59. The van der Waals surface area contributed by atoms with Crippen molar-refractivity contribution >= 4 is 22.5 Å². The highest BCUT2D eigenvalue weighted by molar-refractivity contribution is 6.31. The van der Waals surface area contributed by atoms with E-state index in [-0.39, 0.29) is 18.2 Å². The van der Waals surface area contributed by atoms with E-state index in [2.05, 4.69) is 4.98 Å². The van der Waals surface area contributed by atoms with E-state index in [1.165, 1.54) is 10.9 Å². The molecule has 1 aliphatic heterocycles. The van der Waals surface area contributed by atoms with Gasteiger partial charge in [0.05, 0.1) is 36.5 Å². The van der Waals surface area contributed by atoms with E-state index in [0.29, 0.717) is 22.5 Å². The Morgan fingerprint density at radius 2 is 2.28 bits per heavy atom. The number of fused-ring (bicyclic) bond motifs is 1. The monoisotopic (exact) mass is 266 g/mol. The van der Waals surface area contributed by atoms with Gasteiger partial charge in [-0.15, -0.1) is 0 Å². The topological polar surface area (TPSA) is 64.4 Å². The molecule has 2 heterocycles. The Balaban J connectivity index is 2.19. The Labute approximate surface area is 108 Å². The highest BCUT2D eigenvalue weighted by Gasteiger charge is 2.28. The quantitative estimate of drug-likeness (QED) is 0.836. The molecule has 18 heavy (non-hydrogen) atoms. The maximum absolute atomic E-state index is 12.3. The lowest BCUT2D eigenvalue weighted by atomic mass is 10.2. The van der Waals surface area contributed by atoms with E-state index in [1.54, 1.807) is 18.2 Å². The maximum Gasteiger partial charge on any atom is 0.261 e. The van der Waals surface area contributed by atoms with Crippen LogP contribution in [0.3, 0.4) is 0 Å². The summed E-state index contributed by atoms with van der Waals surface area (Å²) in [5.41, 5.74) is 0.381. The Kier molecular flexibility index (Phi) is 2.81. The fourth-order valence-electron chi connectivity index (χ4n) is 2.14. The summed E-state index contributed by atoms with van der Waals surface area (Å²) in [6.45, 7) is 0.555. The molecule has 0 aliphatic carbocycles. The fourth-order valence-corrected chi connectivity index (χ4v) is 2.31. The van der Waals surface area contributed by atoms with Gasteiger partial charge < -0.3 is 9.84 Å². The van der Waals surface area contributed by atoms with Crippen molar-refractivity contribution in [2.45, 2.75) is 12.1 Å². The molecule has 0 radical (unpaired) electrons. The van der Waals surface area contributed by atoms with Crippen LogP contribution < -0.4 is 5.56 Å². The molecule has 1 aliphatic rings. The molecule has 0 spiro atoms. The summed E-state index contributed by atoms with van der Waals surface area (Å²) in [4.78, 5) is 16.5. The number of aromatic nitrogens is 2. The minimum atomic E-state index is -0.680. The molecule has 1 saturated heterocycles. The molecule has 1 aromatic heterocycles. The number of aliphatic hydroxyl groups is 1. The number of hydrogen-bond acceptors (Lipinski definition) is 4. The fraction of sp³-hybridized carbons (Fsp3) is 0.333. The number of ether oxygens (including phenoxy) is 1. The van der Waals surface area contributed by atoms with Crippen molar-refractivity contribution in [2.75, 3.05) is 13.2 Å². The Morgan fingerprint density at radius 3 is 3.00 bits per heavy atom. The van der Waals surface area contributed by atoms with E-state index in [9.17, 15) is 9.90 Å². The van der Waals surface area contributed by atoms with Gasteiger partial charge in [-0.2, -0.15) is 0 Å². The van der Waals surface area contributed by atoms with Gasteiger partial charge in [0.15, 0.2) is 0 Å². The van der Waals surface area contributed by atoms with Gasteiger partial charge in [0.2, 0.25) is 0 Å². The third-order valence-electron chi connectivity index (χ3n) is 3.12. The lowest BCUT2D eigenvalue weighted by Gasteiger charge is -2.15. The van der Waals surface area contributed by atoms with E-state index < -0.39 is 6.10 Å². The molecular weight excluding hydrogens is 256 g/mol. The molecule has 3 rings (SSSR count). The summed E-state index contributed by atoms with van der Waals surface area (Å²) in [7, 11) is 0. The van der Waals surface area contributed by atoms with E-state index in [1.807, 2.05) is 0 Å². The summed E-state index contributed by atoms with van der Waals surface area (Å²) in [6.07, 6.45) is 0.766. The predicted molar refractivity (Wildman–Crippen MR) is 66.9 cm³/mol. The first-order chi connectivity index (χ1) is 8.66. The minimum Gasteiger partial charge on any atom is -0.388 e. The van der Waals surface area contributed by atoms with Crippen LogP contribution in [0.1, 0.15) is 6.04 Å². The van der Waals surface area contributed by atoms with Crippen LogP contribution in [0.25, 0.3) is 10.9 Å². The first kappa shape index (κ1) is 11.6. The number of nitrogens with zero attached hydrogens (tertiary/aromatic N) is 2. The zero-order chi connectivity index (χ0) is 12.7. The Hall–Kier alpha value is -1.43. The molecule has 0 bridgehead atoms. The summed E-state index contributed by atoms with van der Waals surface area (Å²) in [6, 6.07) is 4.60. The normalized spacial score (nSPS) is 23.7. The molecule has 0 amide bonds. The minimum absolute atomic E-state index is 0.211. The summed E-state index contributed by atoms with van der Waals surface area (Å²) >= 11 is 5.88. The second-order valence-corrected chi connectivity index (χ2v) is 4.73. The van der Waals surface area contributed by atoms with Crippen LogP contribution in [0.2, 0.25) is 5.02 Å². The van der Waals surface area contributed by atoms with Crippen molar-refractivity contribution in [3.8, 4) is 0 Å². The van der Waals surface area contributed by atoms with Crippen LogP contribution >= 0.6 is 11.6 Å². The molecule has 1 aromatic carbocycles. The van der Waals surface area contributed by atoms with Gasteiger partial charge in [0.25, 0.3) is 5.56 Å². The van der Waals surface area contributed by atoms with Crippen molar-refractivity contribution in [3.05, 3.63) is 39.9 Å². The summed E-state index contributed by atoms with van der Waals surface area (Å²) in [5.74, 6) is 0. The molecule has 1 N–H and O–H groups in total. The van der Waals surface area contributed by atoms with Gasteiger partial charge >= 0.3 is 0 Å². The van der Waals surface area contributed by atoms with Crippen LogP contribution in [0.15, 0.2) is 29.3 Å². The first-order valence-corrected chi connectivity index (χ1v) is 5.97. The average molecular weight is 267 g/mol. The van der Waals surface area contributed by atoms with Gasteiger partial charge in [-0.1, -0.05) is 11.6 Å². The van der Waals surface area contributed by atoms with Crippen LogP contribution in [0.5, 0.6) is 0 Å². The summed E-state index contributed by atoms with van der Waals surface area (Å²) < 4.78 is 6.56. The zero-order valence-corrected chi connectivity index (χ0v) is 10.2. The highest BCUT2D eigenvalue weighted by Crippen LogP contribution is 2.19. The molecule has 2 atom stereocenters. The molecule has 94 valence electrons. The molecular formula is C12H11ClN2O3. The predicted octanol–water partition coefficient (Wildman–Crippen LogP) is 0.982. The average Bonchev–Trinajstić information content (AvgIpc) is 2.77. The number of aliphatic hydroxyl groups excluding tert-OH is 1. The van der Waals surface area contributed by atoms with Crippen molar-refractivity contribution in [2.24, 2.45) is 0 Å². The maximum atomic E-state index is 12.3. The van der Waals surface area contributed by atoms with E-state index in [0.717, 1.165) is 0 Å². The third kappa shape index (κ3) is 1.80. The molecule has 2 aromatic rings. The number of rotatable bonds is 1. The molecule has 0 saturated carbocycles. The van der Waals surface area contributed by atoms with Crippen LogP contribution in [-0.4, -0.2) is 34.0 Å². The van der Waals surface area contributed by atoms with E-state index in [4.69, 9.17) is 16.3 Å². The zero-order valence-electron chi connectivity index (χ0n) is 9.41. The number of hydrogen-bond donors (Lipinski definition) is 1. The molecule has 1 fully saturated rings. The Bertz CT molecular complexity index is 655. The van der Waals surface area contributed by atoms with Gasteiger partial charge in [-0.05, 0) is 18.2 Å². The smallest absolute Gasteiger partial charge is 0.261 e. The van der Waals surface area contributed by atoms with Crippen LogP contribution in [0.4, 0.5) is 0 Å². The van der Waals surface area contributed by atoms with Crippen molar-refractivity contribution in [1.82, 2.24) is 9.55 Å². The number of benzene rings is 1. The highest BCUT2D eigenvalue weighted by atomic mass is 35.5. The van der Waals surface area contributed by atoms with Crippen molar-refractivity contribution in [3.63, 3.8) is 0 Å². The van der Waals surface area contributed by atoms with Gasteiger partial charge in [-0.25, -0.2) is 4.98 Å². The van der Waals surface area contributed by atoms with Crippen LogP contribution in [-0.2, 0) is 4.74 Å². The molecule has 0 unspecified atom stereocenters. The van der Waals surface area contributed by atoms with Crippen molar-refractivity contribution in [1.29, 1.82) is 0 Å². The van der Waals surface area contributed by atoms with Gasteiger partial charge in [-0.3, -0.25) is 9.36 Å². The largest absolute Gasteiger partial charge is 0.388 e. The summed E-state index contributed by atoms with van der Waals surface area (Å²) in [5, 5.41) is 10.7. The van der Waals surface area contributed by atoms with Crippen molar-refractivity contribution < 1.29 is 9.84 Å².